The van der Waals surface area contributed by atoms with Crippen LogP contribution < -0.4 is 5.32 Å². The van der Waals surface area contributed by atoms with Crippen LogP contribution in [0.3, 0.4) is 0 Å². The van der Waals surface area contributed by atoms with E-state index in [0.717, 1.165) is 25.2 Å². The lowest BCUT2D eigenvalue weighted by atomic mass is 10.0. The van der Waals surface area contributed by atoms with Crippen molar-refractivity contribution >= 4 is 0 Å². The third-order valence-corrected chi connectivity index (χ3v) is 3.80. The lowest BCUT2D eigenvalue weighted by Crippen LogP contribution is -2.30. The lowest BCUT2D eigenvalue weighted by Gasteiger charge is -2.18. The monoisotopic (exact) mass is 280 g/mol. The minimum Gasteiger partial charge on any atom is -0.314 e. The molecule has 1 aromatic rings. The van der Waals surface area contributed by atoms with Crippen molar-refractivity contribution in [3.8, 4) is 0 Å². The Kier molecular flexibility index (Phi) is 10.2. The Balaban J connectivity index is 2.13. The number of aromatic amines is 1. The zero-order valence-corrected chi connectivity index (χ0v) is 13.3. The van der Waals surface area contributed by atoms with Gasteiger partial charge < -0.3 is 5.32 Å². The summed E-state index contributed by atoms with van der Waals surface area (Å²) in [7, 11) is 0. The Hall–Kier alpha value is -0.900. The van der Waals surface area contributed by atoms with E-state index in [1.807, 2.05) is 0 Å². The van der Waals surface area contributed by atoms with Gasteiger partial charge in [-0.2, -0.15) is 5.10 Å². The van der Waals surface area contributed by atoms with E-state index < -0.39 is 0 Å². The summed E-state index contributed by atoms with van der Waals surface area (Å²) in [6, 6.07) is 0.711. The number of aryl methyl sites for hydroxylation is 1. The first-order valence-corrected chi connectivity index (χ1v) is 8.44. The maximum Gasteiger partial charge on any atom is 0.137 e. The Labute approximate surface area is 124 Å². The number of rotatable bonds is 13. The molecule has 0 fully saturated rings. The first-order chi connectivity index (χ1) is 9.86. The maximum atomic E-state index is 4.16. The molecule has 20 heavy (non-hydrogen) atoms. The number of unbranched alkanes of at least 4 members (excludes halogenated alkanes) is 4. The van der Waals surface area contributed by atoms with Gasteiger partial charge in [0.2, 0.25) is 0 Å². The van der Waals surface area contributed by atoms with Gasteiger partial charge in [0.15, 0.2) is 0 Å². The van der Waals surface area contributed by atoms with Crippen molar-refractivity contribution in [3.05, 3.63) is 12.2 Å². The van der Waals surface area contributed by atoms with E-state index >= 15 is 0 Å². The van der Waals surface area contributed by atoms with Crippen molar-refractivity contribution in [1.29, 1.82) is 0 Å². The highest BCUT2D eigenvalue weighted by molar-refractivity contribution is 4.80. The second-order valence-electron chi connectivity index (χ2n) is 5.68. The first kappa shape index (κ1) is 17.2. The fraction of sp³-hybridized carbons (Fsp3) is 0.875. The van der Waals surface area contributed by atoms with Crippen molar-refractivity contribution in [2.75, 3.05) is 6.54 Å². The first-order valence-electron chi connectivity index (χ1n) is 8.44. The molecular formula is C16H32N4. The quantitative estimate of drug-likeness (QED) is 0.540. The summed E-state index contributed by atoms with van der Waals surface area (Å²) in [5.74, 6) is 1.00. The van der Waals surface area contributed by atoms with Gasteiger partial charge >= 0.3 is 0 Å². The van der Waals surface area contributed by atoms with Crippen LogP contribution in [0.4, 0.5) is 0 Å². The van der Waals surface area contributed by atoms with Gasteiger partial charge in [-0.1, -0.05) is 52.4 Å². The molecule has 0 saturated carbocycles. The largest absolute Gasteiger partial charge is 0.314 e. The summed E-state index contributed by atoms with van der Waals surface area (Å²) in [6.07, 6.45) is 14.5. The van der Waals surface area contributed by atoms with Crippen LogP contribution >= 0.6 is 0 Å². The maximum absolute atomic E-state index is 4.16. The molecule has 0 amide bonds. The molecule has 0 atom stereocenters. The molecule has 4 heteroatoms. The molecule has 0 aliphatic carbocycles. The number of aromatic nitrogens is 3. The van der Waals surface area contributed by atoms with E-state index in [2.05, 4.69) is 34.3 Å². The Morgan fingerprint density at radius 2 is 1.75 bits per heavy atom. The molecule has 1 rings (SSSR count). The topological polar surface area (TPSA) is 53.6 Å². The zero-order chi connectivity index (χ0) is 14.5. The lowest BCUT2D eigenvalue weighted by molar-refractivity contribution is 0.416. The van der Waals surface area contributed by atoms with Gasteiger partial charge in [-0.25, -0.2) is 4.98 Å². The smallest absolute Gasteiger partial charge is 0.137 e. The molecule has 0 radical (unpaired) electrons. The number of H-pyrrole nitrogens is 1. The van der Waals surface area contributed by atoms with Gasteiger partial charge in [-0.3, -0.25) is 5.10 Å². The fourth-order valence-electron chi connectivity index (χ4n) is 2.54. The molecule has 0 aliphatic rings. The molecule has 4 nitrogen and oxygen atoms in total. The van der Waals surface area contributed by atoms with E-state index in [1.54, 1.807) is 6.33 Å². The van der Waals surface area contributed by atoms with Gasteiger partial charge in [0, 0.05) is 12.5 Å². The summed E-state index contributed by atoms with van der Waals surface area (Å²) in [5, 5.41) is 10.5. The van der Waals surface area contributed by atoms with Crippen LogP contribution in [0.2, 0.25) is 0 Å². The van der Waals surface area contributed by atoms with Crippen LogP contribution in [0.1, 0.15) is 77.5 Å². The zero-order valence-electron chi connectivity index (χ0n) is 13.3. The molecule has 0 aliphatic heterocycles. The Morgan fingerprint density at radius 1 is 1.05 bits per heavy atom. The Bertz CT molecular complexity index is 287. The van der Waals surface area contributed by atoms with Crippen molar-refractivity contribution in [2.24, 2.45) is 0 Å². The second kappa shape index (κ2) is 11.9. The van der Waals surface area contributed by atoms with Crippen molar-refractivity contribution in [1.82, 2.24) is 20.5 Å². The van der Waals surface area contributed by atoms with Crippen LogP contribution in [-0.2, 0) is 6.42 Å². The third kappa shape index (κ3) is 8.31. The molecule has 1 aromatic heterocycles. The summed E-state index contributed by atoms with van der Waals surface area (Å²) >= 11 is 0. The number of nitrogens with one attached hydrogen (secondary N) is 2. The van der Waals surface area contributed by atoms with Crippen LogP contribution in [0, 0.1) is 0 Å². The average Bonchev–Trinajstić information content (AvgIpc) is 2.96. The summed E-state index contributed by atoms with van der Waals surface area (Å²) in [6.45, 7) is 5.64. The van der Waals surface area contributed by atoms with E-state index in [0.29, 0.717) is 6.04 Å². The van der Waals surface area contributed by atoms with Crippen LogP contribution in [0.15, 0.2) is 6.33 Å². The van der Waals surface area contributed by atoms with Crippen molar-refractivity contribution < 1.29 is 0 Å². The fourth-order valence-corrected chi connectivity index (χ4v) is 2.54. The second-order valence-corrected chi connectivity index (χ2v) is 5.68. The van der Waals surface area contributed by atoms with Gasteiger partial charge in [0.1, 0.15) is 12.2 Å². The van der Waals surface area contributed by atoms with Gasteiger partial charge in [-0.15, -0.1) is 0 Å². The SMILES string of the molecule is CCCCCC(CCCCC)NCCCc1ncn[nH]1. The molecule has 2 N–H and O–H groups in total. The number of hydrogen-bond acceptors (Lipinski definition) is 3. The minimum absolute atomic E-state index is 0.711. The molecule has 0 unspecified atom stereocenters. The highest BCUT2D eigenvalue weighted by atomic mass is 15.2. The van der Waals surface area contributed by atoms with E-state index in [-0.39, 0.29) is 0 Å². The molecule has 116 valence electrons. The molecular weight excluding hydrogens is 248 g/mol. The van der Waals surface area contributed by atoms with Crippen LogP contribution in [0.5, 0.6) is 0 Å². The van der Waals surface area contributed by atoms with E-state index in [1.165, 1.54) is 51.4 Å². The average molecular weight is 280 g/mol. The summed E-state index contributed by atoms with van der Waals surface area (Å²) in [5.41, 5.74) is 0. The standard InChI is InChI=1S/C16H32N4/c1-3-5-7-10-15(11-8-6-4-2)17-13-9-12-16-18-14-19-20-16/h14-15,17H,3-13H2,1-2H3,(H,18,19,20). The third-order valence-electron chi connectivity index (χ3n) is 3.80. The van der Waals surface area contributed by atoms with Gasteiger partial charge in [-0.05, 0) is 25.8 Å². The summed E-state index contributed by atoms with van der Waals surface area (Å²) < 4.78 is 0. The van der Waals surface area contributed by atoms with Gasteiger partial charge in [0.05, 0.1) is 0 Å². The summed E-state index contributed by atoms with van der Waals surface area (Å²) in [4.78, 5) is 4.16. The van der Waals surface area contributed by atoms with Gasteiger partial charge in [0.25, 0.3) is 0 Å². The molecule has 0 spiro atoms. The van der Waals surface area contributed by atoms with Crippen LogP contribution in [-0.4, -0.2) is 27.8 Å². The van der Waals surface area contributed by atoms with Crippen LogP contribution in [0.25, 0.3) is 0 Å². The molecule has 1 heterocycles. The highest BCUT2D eigenvalue weighted by Crippen LogP contribution is 2.11. The molecule has 0 aromatic carbocycles. The number of hydrogen-bond donors (Lipinski definition) is 2. The minimum atomic E-state index is 0.711. The Morgan fingerprint density at radius 3 is 2.30 bits per heavy atom. The predicted molar refractivity (Wildman–Crippen MR) is 84.8 cm³/mol. The normalized spacial score (nSPS) is 11.3. The number of nitrogens with zero attached hydrogens (tertiary/aromatic N) is 2. The predicted octanol–water partition coefficient (Wildman–Crippen LogP) is 3.86. The van der Waals surface area contributed by atoms with E-state index in [4.69, 9.17) is 0 Å². The highest BCUT2D eigenvalue weighted by Gasteiger charge is 2.07. The van der Waals surface area contributed by atoms with E-state index in [9.17, 15) is 0 Å². The molecule has 0 saturated heterocycles. The molecule has 0 bridgehead atoms. The van der Waals surface area contributed by atoms with Crippen molar-refractivity contribution in [3.63, 3.8) is 0 Å². The van der Waals surface area contributed by atoms with Crippen molar-refractivity contribution in [2.45, 2.75) is 84.1 Å².